The zero-order chi connectivity index (χ0) is 20.6. The first kappa shape index (κ1) is 18.9. The quantitative estimate of drug-likeness (QED) is 0.689. The van der Waals surface area contributed by atoms with E-state index in [0.717, 1.165) is 11.1 Å². The average molecular weight is 393 g/mol. The van der Waals surface area contributed by atoms with Gasteiger partial charge in [0.1, 0.15) is 23.2 Å². The van der Waals surface area contributed by atoms with Crippen molar-refractivity contribution >= 4 is 11.9 Å². The van der Waals surface area contributed by atoms with Crippen molar-refractivity contribution in [1.29, 1.82) is 0 Å². The van der Waals surface area contributed by atoms with Gasteiger partial charge in [-0.2, -0.15) is 0 Å². The normalized spacial score (nSPS) is 17.3. The maximum Gasteiger partial charge on any atom is 0.339 e. The molecule has 1 unspecified atom stereocenters. The van der Waals surface area contributed by atoms with E-state index in [4.69, 9.17) is 4.74 Å². The number of nitrogens with zero attached hydrogens (tertiary/aromatic N) is 2. The molecular formula is C22H20FN3O3. The Kier molecular flexibility index (Phi) is 4.66. The number of benzene rings is 2. The Hall–Kier alpha value is -3.48. The van der Waals surface area contributed by atoms with E-state index in [2.05, 4.69) is 10.3 Å². The predicted octanol–water partition coefficient (Wildman–Crippen LogP) is 3.49. The number of carbonyl (C=O) groups is 2. The number of rotatable bonds is 4. The van der Waals surface area contributed by atoms with Crippen molar-refractivity contribution < 1.29 is 18.7 Å². The van der Waals surface area contributed by atoms with Crippen LogP contribution in [0.2, 0.25) is 0 Å². The van der Waals surface area contributed by atoms with Crippen LogP contribution in [0.4, 0.5) is 4.39 Å². The Morgan fingerprint density at radius 1 is 1.21 bits per heavy atom. The smallest absolute Gasteiger partial charge is 0.339 e. The Bertz CT molecular complexity index is 1070. The number of amides is 1. The molecule has 4 rings (SSSR count). The van der Waals surface area contributed by atoms with E-state index in [0.29, 0.717) is 11.3 Å². The molecule has 148 valence electrons. The van der Waals surface area contributed by atoms with Gasteiger partial charge in [0.15, 0.2) is 0 Å². The van der Waals surface area contributed by atoms with Crippen LogP contribution in [0.25, 0.3) is 0 Å². The second-order valence-electron chi connectivity index (χ2n) is 7.48. The molecular weight excluding hydrogens is 373 g/mol. The summed E-state index contributed by atoms with van der Waals surface area (Å²) in [5, 5.41) is 2.83. The highest BCUT2D eigenvalue weighted by Gasteiger charge is 2.43. The highest BCUT2D eigenvalue weighted by molar-refractivity contribution is 5.94. The van der Waals surface area contributed by atoms with Crippen molar-refractivity contribution in [2.75, 3.05) is 0 Å². The van der Waals surface area contributed by atoms with Gasteiger partial charge in [-0.25, -0.2) is 14.2 Å². The summed E-state index contributed by atoms with van der Waals surface area (Å²) in [5.41, 5.74) is 1.50. The molecule has 1 amide bonds. The van der Waals surface area contributed by atoms with Crippen molar-refractivity contribution in [2.24, 2.45) is 0 Å². The number of hydrogen-bond donors (Lipinski definition) is 1. The van der Waals surface area contributed by atoms with Gasteiger partial charge in [-0.15, -0.1) is 0 Å². The highest BCUT2D eigenvalue weighted by Crippen LogP contribution is 2.40. The maximum absolute atomic E-state index is 13.1. The van der Waals surface area contributed by atoms with Crippen molar-refractivity contribution in [2.45, 2.75) is 32.0 Å². The van der Waals surface area contributed by atoms with Gasteiger partial charge in [-0.3, -0.25) is 4.79 Å². The number of fused-ring (bicyclic) bond motifs is 1. The van der Waals surface area contributed by atoms with E-state index in [1.165, 1.54) is 18.3 Å². The Morgan fingerprint density at radius 3 is 2.69 bits per heavy atom. The molecule has 0 saturated heterocycles. The molecule has 0 radical (unpaired) electrons. The summed E-state index contributed by atoms with van der Waals surface area (Å²) >= 11 is 0. The Morgan fingerprint density at radius 2 is 1.93 bits per heavy atom. The summed E-state index contributed by atoms with van der Waals surface area (Å²) < 4.78 is 20.4. The van der Waals surface area contributed by atoms with Crippen LogP contribution in [-0.2, 0) is 11.3 Å². The molecule has 1 aromatic heterocycles. The van der Waals surface area contributed by atoms with Crippen LogP contribution in [0.3, 0.4) is 0 Å². The first-order valence-corrected chi connectivity index (χ1v) is 9.23. The molecule has 0 spiro atoms. The van der Waals surface area contributed by atoms with Crippen LogP contribution in [0.5, 0.6) is 0 Å². The number of esters is 1. The fourth-order valence-electron chi connectivity index (χ4n) is 3.69. The Labute approximate surface area is 167 Å². The minimum absolute atomic E-state index is 0.254. The SMILES string of the molecule is CC1(C)OC(=O)c2ccccc2C1n1cncc1C(=O)NCc1ccc(F)cc1. The second kappa shape index (κ2) is 7.16. The third kappa shape index (κ3) is 3.51. The molecule has 29 heavy (non-hydrogen) atoms. The van der Waals surface area contributed by atoms with E-state index >= 15 is 0 Å². The number of imidazole rings is 1. The first-order valence-electron chi connectivity index (χ1n) is 9.23. The van der Waals surface area contributed by atoms with Gasteiger partial charge in [0, 0.05) is 6.54 Å². The Balaban J connectivity index is 1.64. The molecule has 0 aliphatic carbocycles. The molecule has 6 nitrogen and oxygen atoms in total. The fraction of sp³-hybridized carbons (Fsp3) is 0.227. The molecule has 0 fully saturated rings. The lowest BCUT2D eigenvalue weighted by Gasteiger charge is -2.40. The number of ether oxygens (including phenoxy) is 1. The van der Waals surface area contributed by atoms with Gasteiger partial charge in [0.05, 0.1) is 18.1 Å². The molecule has 1 aliphatic heterocycles. The summed E-state index contributed by atoms with van der Waals surface area (Å²) in [7, 11) is 0. The van der Waals surface area contributed by atoms with Crippen molar-refractivity contribution in [3.63, 3.8) is 0 Å². The van der Waals surface area contributed by atoms with Gasteiger partial charge in [0.2, 0.25) is 0 Å². The van der Waals surface area contributed by atoms with E-state index in [1.807, 2.05) is 26.0 Å². The van der Waals surface area contributed by atoms with Crippen molar-refractivity contribution in [3.05, 3.63) is 89.3 Å². The minimum atomic E-state index is -0.877. The van der Waals surface area contributed by atoms with E-state index in [-0.39, 0.29) is 24.2 Å². The van der Waals surface area contributed by atoms with Crippen LogP contribution >= 0.6 is 0 Å². The molecule has 3 aromatic rings. The number of hydrogen-bond acceptors (Lipinski definition) is 4. The summed E-state index contributed by atoms with van der Waals surface area (Å²) in [5.74, 6) is -1.04. The molecule has 2 heterocycles. The van der Waals surface area contributed by atoms with E-state index in [1.54, 1.807) is 35.2 Å². The molecule has 1 aliphatic rings. The fourth-order valence-corrected chi connectivity index (χ4v) is 3.69. The van der Waals surface area contributed by atoms with Gasteiger partial charge in [0.25, 0.3) is 5.91 Å². The highest BCUT2D eigenvalue weighted by atomic mass is 19.1. The molecule has 1 atom stereocenters. The molecule has 7 heteroatoms. The standard InChI is InChI=1S/C22H20FN3O3/c1-22(2)19(16-5-3-4-6-17(16)21(28)29-22)26-13-24-12-18(26)20(27)25-11-14-7-9-15(23)10-8-14/h3-10,12-13,19H,11H2,1-2H3,(H,25,27). The average Bonchev–Trinajstić information content (AvgIpc) is 3.16. The minimum Gasteiger partial charge on any atom is -0.453 e. The lowest BCUT2D eigenvalue weighted by molar-refractivity contribution is -0.0263. The number of aromatic nitrogens is 2. The predicted molar refractivity (Wildman–Crippen MR) is 104 cm³/mol. The monoisotopic (exact) mass is 393 g/mol. The van der Waals surface area contributed by atoms with Crippen LogP contribution < -0.4 is 5.32 Å². The van der Waals surface area contributed by atoms with Crippen LogP contribution in [0.15, 0.2) is 61.1 Å². The van der Waals surface area contributed by atoms with Crippen molar-refractivity contribution in [3.8, 4) is 0 Å². The lowest BCUT2D eigenvalue weighted by Crippen LogP contribution is -2.44. The van der Waals surface area contributed by atoms with Crippen LogP contribution in [0.1, 0.15) is 51.9 Å². The number of carbonyl (C=O) groups excluding carboxylic acids is 2. The van der Waals surface area contributed by atoms with Gasteiger partial charge in [-0.1, -0.05) is 30.3 Å². The number of nitrogens with one attached hydrogen (secondary N) is 1. The van der Waals surface area contributed by atoms with Gasteiger partial charge < -0.3 is 14.6 Å². The summed E-state index contributed by atoms with van der Waals surface area (Å²) in [6.45, 7) is 3.88. The van der Waals surface area contributed by atoms with Gasteiger partial charge >= 0.3 is 5.97 Å². The summed E-state index contributed by atoms with van der Waals surface area (Å²) in [4.78, 5) is 29.4. The number of halogens is 1. The zero-order valence-corrected chi connectivity index (χ0v) is 16.1. The van der Waals surface area contributed by atoms with Crippen LogP contribution in [-0.4, -0.2) is 27.0 Å². The first-order chi connectivity index (χ1) is 13.9. The summed E-state index contributed by atoms with van der Waals surface area (Å²) in [6, 6.07) is 12.7. The van der Waals surface area contributed by atoms with E-state index < -0.39 is 11.6 Å². The number of cyclic esters (lactones) is 1. The third-order valence-electron chi connectivity index (χ3n) is 5.03. The van der Waals surface area contributed by atoms with Crippen LogP contribution in [0, 0.1) is 5.82 Å². The topological polar surface area (TPSA) is 73.2 Å². The molecule has 0 saturated carbocycles. The molecule has 0 bridgehead atoms. The summed E-state index contributed by atoms with van der Waals surface area (Å²) in [6.07, 6.45) is 3.05. The van der Waals surface area contributed by atoms with E-state index in [9.17, 15) is 14.0 Å². The third-order valence-corrected chi connectivity index (χ3v) is 5.03. The largest absolute Gasteiger partial charge is 0.453 e. The van der Waals surface area contributed by atoms with Crippen molar-refractivity contribution in [1.82, 2.24) is 14.9 Å². The molecule has 1 N–H and O–H groups in total. The maximum atomic E-state index is 13.1. The second-order valence-corrected chi connectivity index (χ2v) is 7.48. The van der Waals surface area contributed by atoms with Gasteiger partial charge in [-0.05, 0) is 43.2 Å². The zero-order valence-electron chi connectivity index (χ0n) is 16.1. The molecule has 2 aromatic carbocycles. The lowest BCUT2D eigenvalue weighted by atomic mass is 9.85.